The highest BCUT2D eigenvalue weighted by Crippen LogP contribution is 2.22. The third-order valence-electron chi connectivity index (χ3n) is 3.67. The SMILES string of the molecule is O=C(c1cc2cc(OCCCCl)ccc2[nH]1)N1CCOCC1. The number of hydrogen-bond donors (Lipinski definition) is 1. The fraction of sp³-hybridized carbons (Fsp3) is 0.438. The van der Waals surface area contributed by atoms with Crippen LogP contribution in [0, 0.1) is 0 Å². The minimum atomic E-state index is 0.0177. The summed E-state index contributed by atoms with van der Waals surface area (Å²) in [7, 11) is 0. The Labute approximate surface area is 134 Å². The van der Waals surface area contributed by atoms with E-state index in [0.29, 0.717) is 44.5 Å². The van der Waals surface area contributed by atoms with E-state index in [2.05, 4.69) is 4.98 Å². The van der Waals surface area contributed by atoms with Gasteiger partial charge in [-0.05, 0) is 30.7 Å². The summed E-state index contributed by atoms with van der Waals surface area (Å²) in [5, 5.41) is 0.972. The van der Waals surface area contributed by atoms with Crippen LogP contribution in [0.15, 0.2) is 24.3 Å². The van der Waals surface area contributed by atoms with Crippen molar-refractivity contribution in [2.24, 2.45) is 0 Å². The van der Waals surface area contributed by atoms with Crippen LogP contribution in [0.3, 0.4) is 0 Å². The Bertz CT molecular complexity index is 650. The van der Waals surface area contributed by atoms with Crippen LogP contribution in [0.25, 0.3) is 10.9 Å². The largest absolute Gasteiger partial charge is 0.494 e. The van der Waals surface area contributed by atoms with Crippen molar-refractivity contribution >= 4 is 28.4 Å². The maximum atomic E-state index is 12.5. The minimum Gasteiger partial charge on any atom is -0.494 e. The molecular formula is C16H19ClN2O3. The van der Waals surface area contributed by atoms with Crippen LogP contribution in [-0.4, -0.2) is 54.6 Å². The molecule has 1 aromatic heterocycles. The number of aromatic amines is 1. The highest BCUT2D eigenvalue weighted by molar-refractivity contribution is 6.17. The maximum Gasteiger partial charge on any atom is 0.270 e. The third kappa shape index (κ3) is 3.36. The number of morpholine rings is 1. The molecule has 1 N–H and O–H groups in total. The summed E-state index contributed by atoms with van der Waals surface area (Å²) < 4.78 is 10.9. The van der Waals surface area contributed by atoms with Gasteiger partial charge in [0.1, 0.15) is 11.4 Å². The lowest BCUT2D eigenvalue weighted by Crippen LogP contribution is -2.40. The van der Waals surface area contributed by atoms with E-state index in [1.54, 1.807) is 0 Å². The Morgan fingerprint density at radius 1 is 1.32 bits per heavy atom. The van der Waals surface area contributed by atoms with Gasteiger partial charge in [0.2, 0.25) is 0 Å². The van der Waals surface area contributed by atoms with Crippen LogP contribution in [-0.2, 0) is 4.74 Å². The number of nitrogens with zero attached hydrogens (tertiary/aromatic N) is 1. The first-order chi connectivity index (χ1) is 10.8. The van der Waals surface area contributed by atoms with Crippen LogP contribution in [0.2, 0.25) is 0 Å². The van der Waals surface area contributed by atoms with Gasteiger partial charge in [0.15, 0.2) is 0 Å². The smallest absolute Gasteiger partial charge is 0.270 e. The lowest BCUT2D eigenvalue weighted by atomic mass is 10.2. The molecule has 1 fully saturated rings. The van der Waals surface area contributed by atoms with E-state index in [9.17, 15) is 4.79 Å². The molecule has 0 radical (unpaired) electrons. The molecule has 1 aromatic carbocycles. The predicted molar refractivity (Wildman–Crippen MR) is 85.9 cm³/mol. The Hall–Kier alpha value is -1.72. The predicted octanol–water partition coefficient (Wildman–Crippen LogP) is 2.65. The number of H-pyrrole nitrogens is 1. The number of halogens is 1. The lowest BCUT2D eigenvalue weighted by molar-refractivity contribution is 0.0299. The molecule has 0 spiro atoms. The molecule has 0 aliphatic carbocycles. The number of nitrogens with one attached hydrogen (secondary N) is 1. The second kappa shape index (κ2) is 7.03. The van der Waals surface area contributed by atoms with Crippen LogP contribution < -0.4 is 4.74 Å². The standard InChI is InChI=1S/C16H19ClN2O3/c17-4-1-7-22-13-2-3-14-12(10-13)11-15(18-14)16(20)19-5-8-21-9-6-19/h2-3,10-11,18H,1,4-9H2. The average molecular weight is 323 g/mol. The second-order valence-corrected chi connectivity index (χ2v) is 5.61. The van der Waals surface area contributed by atoms with Crippen molar-refractivity contribution in [1.29, 1.82) is 0 Å². The number of carbonyl (C=O) groups excluding carboxylic acids is 1. The minimum absolute atomic E-state index is 0.0177. The van der Waals surface area contributed by atoms with Crippen molar-refractivity contribution < 1.29 is 14.3 Å². The first-order valence-corrected chi connectivity index (χ1v) is 8.00. The van der Waals surface area contributed by atoms with E-state index in [0.717, 1.165) is 23.1 Å². The van der Waals surface area contributed by atoms with Gasteiger partial charge in [-0.1, -0.05) is 0 Å². The number of alkyl halides is 1. The third-order valence-corrected chi connectivity index (χ3v) is 3.93. The number of ether oxygens (including phenoxy) is 2. The first kappa shape index (κ1) is 15.2. The van der Waals surface area contributed by atoms with E-state index in [1.807, 2.05) is 29.2 Å². The molecule has 6 heteroatoms. The van der Waals surface area contributed by atoms with Gasteiger partial charge in [0, 0.05) is 29.9 Å². The molecule has 118 valence electrons. The van der Waals surface area contributed by atoms with Crippen molar-refractivity contribution in [3.8, 4) is 5.75 Å². The Kier molecular flexibility index (Phi) is 4.85. The fourth-order valence-electron chi connectivity index (χ4n) is 2.50. The lowest BCUT2D eigenvalue weighted by Gasteiger charge is -2.26. The van der Waals surface area contributed by atoms with E-state index in [1.165, 1.54) is 0 Å². The highest BCUT2D eigenvalue weighted by atomic mass is 35.5. The van der Waals surface area contributed by atoms with Gasteiger partial charge in [0.05, 0.1) is 19.8 Å². The molecule has 2 aromatic rings. The number of amides is 1. The van der Waals surface area contributed by atoms with Gasteiger partial charge in [-0.2, -0.15) is 0 Å². The summed E-state index contributed by atoms with van der Waals surface area (Å²) in [6, 6.07) is 7.65. The number of benzene rings is 1. The molecule has 1 saturated heterocycles. The van der Waals surface area contributed by atoms with E-state index >= 15 is 0 Å². The second-order valence-electron chi connectivity index (χ2n) is 5.23. The van der Waals surface area contributed by atoms with Crippen molar-refractivity contribution in [2.75, 3.05) is 38.8 Å². The topological polar surface area (TPSA) is 54.6 Å². The average Bonchev–Trinajstić information content (AvgIpc) is 2.98. The maximum absolute atomic E-state index is 12.5. The van der Waals surface area contributed by atoms with Gasteiger partial charge in [-0.3, -0.25) is 4.79 Å². The van der Waals surface area contributed by atoms with Crippen LogP contribution >= 0.6 is 11.6 Å². The van der Waals surface area contributed by atoms with Crippen molar-refractivity contribution in [3.05, 3.63) is 30.0 Å². The first-order valence-electron chi connectivity index (χ1n) is 7.46. The Morgan fingerprint density at radius 3 is 2.91 bits per heavy atom. The number of hydrogen-bond acceptors (Lipinski definition) is 3. The highest BCUT2D eigenvalue weighted by Gasteiger charge is 2.20. The zero-order valence-electron chi connectivity index (χ0n) is 12.3. The molecule has 2 heterocycles. The molecule has 1 amide bonds. The summed E-state index contributed by atoms with van der Waals surface area (Å²) >= 11 is 5.64. The van der Waals surface area contributed by atoms with Crippen LogP contribution in [0.4, 0.5) is 0 Å². The van der Waals surface area contributed by atoms with E-state index in [4.69, 9.17) is 21.1 Å². The number of rotatable bonds is 5. The molecular weight excluding hydrogens is 304 g/mol. The molecule has 1 aliphatic heterocycles. The van der Waals surface area contributed by atoms with Gasteiger partial charge in [-0.15, -0.1) is 11.6 Å². The van der Waals surface area contributed by atoms with Crippen LogP contribution in [0.5, 0.6) is 5.75 Å². The number of fused-ring (bicyclic) bond motifs is 1. The molecule has 3 rings (SSSR count). The van der Waals surface area contributed by atoms with Gasteiger partial charge in [0.25, 0.3) is 5.91 Å². The van der Waals surface area contributed by atoms with Gasteiger partial charge >= 0.3 is 0 Å². The normalized spacial score (nSPS) is 15.2. The van der Waals surface area contributed by atoms with Crippen molar-refractivity contribution in [2.45, 2.75) is 6.42 Å². The summed E-state index contributed by atoms with van der Waals surface area (Å²) in [4.78, 5) is 17.4. The van der Waals surface area contributed by atoms with Gasteiger partial charge < -0.3 is 19.4 Å². The molecule has 0 atom stereocenters. The number of carbonyl (C=O) groups is 1. The molecule has 0 bridgehead atoms. The molecule has 22 heavy (non-hydrogen) atoms. The van der Waals surface area contributed by atoms with Crippen molar-refractivity contribution in [1.82, 2.24) is 9.88 Å². The summed E-state index contributed by atoms with van der Waals surface area (Å²) in [6.45, 7) is 3.08. The fourth-order valence-corrected chi connectivity index (χ4v) is 2.61. The van der Waals surface area contributed by atoms with Gasteiger partial charge in [-0.25, -0.2) is 0 Å². The van der Waals surface area contributed by atoms with E-state index in [-0.39, 0.29) is 5.91 Å². The molecule has 1 aliphatic rings. The van der Waals surface area contributed by atoms with E-state index < -0.39 is 0 Å². The summed E-state index contributed by atoms with van der Waals surface area (Å²) in [5.41, 5.74) is 1.54. The molecule has 0 unspecified atom stereocenters. The monoisotopic (exact) mass is 322 g/mol. The quantitative estimate of drug-likeness (QED) is 0.680. The Balaban J connectivity index is 1.75. The molecule has 0 saturated carbocycles. The zero-order chi connectivity index (χ0) is 15.4. The van der Waals surface area contributed by atoms with Crippen molar-refractivity contribution in [3.63, 3.8) is 0 Å². The summed E-state index contributed by atoms with van der Waals surface area (Å²) in [6.07, 6.45) is 0.813. The van der Waals surface area contributed by atoms with Crippen LogP contribution in [0.1, 0.15) is 16.9 Å². The number of aromatic nitrogens is 1. The summed E-state index contributed by atoms with van der Waals surface area (Å²) in [5.74, 6) is 1.40. The zero-order valence-corrected chi connectivity index (χ0v) is 13.1. The Morgan fingerprint density at radius 2 is 2.14 bits per heavy atom. The molecule has 5 nitrogen and oxygen atoms in total.